The molecule has 0 heterocycles. The molecule has 0 aliphatic rings. The SMILES string of the molecule is CCCOCCCNCc1ccc2cc(OC)ccc2c1. The van der Waals surface area contributed by atoms with Crippen LogP contribution in [0.4, 0.5) is 0 Å². The Bertz CT molecular complexity index is 554. The first-order valence-corrected chi connectivity index (χ1v) is 7.68. The summed E-state index contributed by atoms with van der Waals surface area (Å²) in [5.41, 5.74) is 1.31. The van der Waals surface area contributed by atoms with Gasteiger partial charge in [-0.15, -0.1) is 0 Å². The lowest BCUT2D eigenvalue weighted by Crippen LogP contribution is -2.16. The molecule has 0 bridgehead atoms. The summed E-state index contributed by atoms with van der Waals surface area (Å²) >= 11 is 0. The highest BCUT2D eigenvalue weighted by molar-refractivity contribution is 5.84. The zero-order valence-corrected chi connectivity index (χ0v) is 13.0. The van der Waals surface area contributed by atoms with Gasteiger partial charge in [0.1, 0.15) is 5.75 Å². The predicted octanol–water partition coefficient (Wildman–Crippen LogP) is 3.75. The minimum absolute atomic E-state index is 0.846. The van der Waals surface area contributed by atoms with Crippen molar-refractivity contribution in [2.75, 3.05) is 26.9 Å². The van der Waals surface area contributed by atoms with E-state index in [-0.39, 0.29) is 0 Å². The van der Waals surface area contributed by atoms with E-state index >= 15 is 0 Å². The van der Waals surface area contributed by atoms with Crippen molar-refractivity contribution in [2.24, 2.45) is 0 Å². The Kier molecular flexibility index (Phi) is 6.51. The van der Waals surface area contributed by atoms with E-state index in [0.717, 1.165) is 44.9 Å². The molecule has 0 saturated heterocycles. The second kappa shape index (κ2) is 8.65. The van der Waals surface area contributed by atoms with Crippen LogP contribution in [0.15, 0.2) is 36.4 Å². The van der Waals surface area contributed by atoms with Crippen molar-refractivity contribution in [3.63, 3.8) is 0 Å². The quantitative estimate of drug-likeness (QED) is 0.712. The molecule has 0 fully saturated rings. The molecule has 3 nitrogen and oxygen atoms in total. The third-order valence-corrected chi connectivity index (χ3v) is 3.43. The zero-order chi connectivity index (χ0) is 14.9. The van der Waals surface area contributed by atoms with Crippen LogP contribution in [0.25, 0.3) is 10.8 Å². The maximum Gasteiger partial charge on any atom is 0.119 e. The third-order valence-electron chi connectivity index (χ3n) is 3.43. The van der Waals surface area contributed by atoms with Crippen molar-refractivity contribution in [3.05, 3.63) is 42.0 Å². The monoisotopic (exact) mass is 287 g/mol. The summed E-state index contributed by atoms with van der Waals surface area (Å²) in [6.45, 7) is 5.74. The smallest absolute Gasteiger partial charge is 0.119 e. The second-order valence-electron chi connectivity index (χ2n) is 5.19. The Morgan fingerprint density at radius 1 is 1.00 bits per heavy atom. The molecule has 2 aromatic carbocycles. The summed E-state index contributed by atoms with van der Waals surface area (Å²) in [5.74, 6) is 0.903. The van der Waals surface area contributed by atoms with Crippen LogP contribution in [0.2, 0.25) is 0 Å². The van der Waals surface area contributed by atoms with E-state index in [9.17, 15) is 0 Å². The maximum atomic E-state index is 5.46. The predicted molar refractivity (Wildman–Crippen MR) is 87.9 cm³/mol. The van der Waals surface area contributed by atoms with Crippen LogP contribution in [0.1, 0.15) is 25.3 Å². The van der Waals surface area contributed by atoms with Gasteiger partial charge >= 0.3 is 0 Å². The molecule has 0 aliphatic carbocycles. The van der Waals surface area contributed by atoms with E-state index in [1.165, 1.54) is 16.3 Å². The van der Waals surface area contributed by atoms with Crippen LogP contribution in [0, 0.1) is 0 Å². The minimum atomic E-state index is 0.846. The topological polar surface area (TPSA) is 30.5 Å². The lowest BCUT2D eigenvalue weighted by atomic mass is 10.1. The highest BCUT2D eigenvalue weighted by Gasteiger charge is 1.99. The fraction of sp³-hybridized carbons (Fsp3) is 0.444. The first kappa shape index (κ1) is 15.8. The molecule has 0 spiro atoms. The summed E-state index contributed by atoms with van der Waals surface area (Å²) in [4.78, 5) is 0. The molecule has 2 rings (SSSR count). The Labute approximate surface area is 127 Å². The molecule has 114 valence electrons. The van der Waals surface area contributed by atoms with E-state index in [4.69, 9.17) is 9.47 Å². The lowest BCUT2D eigenvalue weighted by Gasteiger charge is -2.08. The molecule has 0 aliphatic heterocycles. The fourth-order valence-electron chi connectivity index (χ4n) is 2.29. The second-order valence-corrected chi connectivity index (χ2v) is 5.19. The molecule has 21 heavy (non-hydrogen) atoms. The van der Waals surface area contributed by atoms with Crippen molar-refractivity contribution in [1.29, 1.82) is 0 Å². The Hall–Kier alpha value is -1.58. The number of fused-ring (bicyclic) bond motifs is 1. The average molecular weight is 287 g/mol. The van der Waals surface area contributed by atoms with Gasteiger partial charge in [-0.3, -0.25) is 0 Å². The van der Waals surface area contributed by atoms with Crippen molar-refractivity contribution in [1.82, 2.24) is 5.32 Å². The number of hydrogen-bond donors (Lipinski definition) is 1. The van der Waals surface area contributed by atoms with Crippen LogP contribution in [-0.4, -0.2) is 26.9 Å². The van der Waals surface area contributed by atoms with Gasteiger partial charge in [0.15, 0.2) is 0 Å². The van der Waals surface area contributed by atoms with Crippen LogP contribution in [-0.2, 0) is 11.3 Å². The van der Waals surface area contributed by atoms with E-state index in [2.05, 4.69) is 42.6 Å². The average Bonchev–Trinajstić information content (AvgIpc) is 2.53. The van der Waals surface area contributed by atoms with Gasteiger partial charge in [-0.1, -0.05) is 25.1 Å². The van der Waals surface area contributed by atoms with Crippen LogP contribution in [0.5, 0.6) is 5.75 Å². The number of hydrogen-bond acceptors (Lipinski definition) is 3. The first-order valence-electron chi connectivity index (χ1n) is 7.68. The number of methoxy groups -OCH3 is 1. The molecule has 3 heteroatoms. The van der Waals surface area contributed by atoms with E-state index in [1.807, 2.05) is 6.07 Å². The Morgan fingerprint density at radius 3 is 2.62 bits per heavy atom. The molecule has 0 radical (unpaired) electrons. The first-order chi connectivity index (χ1) is 10.3. The summed E-state index contributed by atoms with van der Waals surface area (Å²) in [6.07, 6.45) is 2.15. The molecular weight excluding hydrogens is 262 g/mol. The highest BCUT2D eigenvalue weighted by Crippen LogP contribution is 2.21. The van der Waals surface area contributed by atoms with Gasteiger partial charge in [-0.05, 0) is 53.9 Å². The molecule has 0 amide bonds. The van der Waals surface area contributed by atoms with Gasteiger partial charge in [0.25, 0.3) is 0 Å². The largest absolute Gasteiger partial charge is 0.497 e. The number of ether oxygens (including phenoxy) is 2. The van der Waals surface area contributed by atoms with Crippen molar-refractivity contribution >= 4 is 10.8 Å². The number of nitrogens with one attached hydrogen (secondary N) is 1. The van der Waals surface area contributed by atoms with Crippen LogP contribution < -0.4 is 10.1 Å². The van der Waals surface area contributed by atoms with Gasteiger partial charge in [0.2, 0.25) is 0 Å². The maximum absolute atomic E-state index is 5.46. The molecule has 0 aromatic heterocycles. The molecule has 0 saturated carbocycles. The van der Waals surface area contributed by atoms with E-state index in [1.54, 1.807) is 7.11 Å². The molecule has 0 atom stereocenters. The van der Waals surface area contributed by atoms with E-state index < -0.39 is 0 Å². The summed E-state index contributed by atoms with van der Waals surface area (Å²) in [7, 11) is 1.70. The Morgan fingerprint density at radius 2 is 1.81 bits per heavy atom. The van der Waals surface area contributed by atoms with Crippen LogP contribution in [0.3, 0.4) is 0 Å². The fourth-order valence-corrected chi connectivity index (χ4v) is 2.29. The molecule has 2 aromatic rings. The highest BCUT2D eigenvalue weighted by atomic mass is 16.5. The van der Waals surface area contributed by atoms with Gasteiger partial charge in [0, 0.05) is 19.8 Å². The minimum Gasteiger partial charge on any atom is -0.497 e. The summed E-state index contributed by atoms with van der Waals surface area (Å²) < 4.78 is 10.7. The van der Waals surface area contributed by atoms with Gasteiger partial charge in [0.05, 0.1) is 7.11 Å². The third kappa shape index (κ3) is 5.03. The summed E-state index contributed by atoms with van der Waals surface area (Å²) in [6, 6.07) is 12.7. The van der Waals surface area contributed by atoms with Gasteiger partial charge < -0.3 is 14.8 Å². The van der Waals surface area contributed by atoms with Crippen molar-refractivity contribution < 1.29 is 9.47 Å². The summed E-state index contributed by atoms with van der Waals surface area (Å²) in [5, 5.41) is 5.93. The number of rotatable bonds is 9. The van der Waals surface area contributed by atoms with Gasteiger partial charge in [-0.25, -0.2) is 0 Å². The van der Waals surface area contributed by atoms with Crippen molar-refractivity contribution in [3.8, 4) is 5.75 Å². The van der Waals surface area contributed by atoms with Crippen molar-refractivity contribution in [2.45, 2.75) is 26.3 Å². The molecular formula is C18H25NO2. The Balaban J connectivity index is 1.80. The standard InChI is InChI=1S/C18H25NO2/c1-3-10-21-11-4-9-19-14-15-5-6-17-13-18(20-2)8-7-16(17)12-15/h5-8,12-13,19H,3-4,9-11,14H2,1-2H3. The number of benzene rings is 2. The van der Waals surface area contributed by atoms with E-state index in [0.29, 0.717) is 0 Å². The lowest BCUT2D eigenvalue weighted by molar-refractivity contribution is 0.132. The zero-order valence-electron chi connectivity index (χ0n) is 13.0. The molecule has 0 unspecified atom stereocenters. The van der Waals surface area contributed by atoms with Gasteiger partial charge in [-0.2, -0.15) is 0 Å². The van der Waals surface area contributed by atoms with Crippen LogP contribution >= 0.6 is 0 Å². The molecule has 1 N–H and O–H groups in total. The normalized spacial score (nSPS) is 11.0.